The largest absolute Gasteiger partial charge is 0.380 e. The first kappa shape index (κ1) is 12.5. The van der Waals surface area contributed by atoms with E-state index in [9.17, 15) is 4.79 Å². The van der Waals surface area contributed by atoms with Crippen LogP contribution in [-0.4, -0.2) is 37.2 Å². The third-order valence-electron chi connectivity index (χ3n) is 2.82. The van der Waals surface area contributed by atoms with Crippen molar-refractivity contribution < 1.29 is 9.53 Å². The number of carbonyl (C=O) groups is 1. The smallest absolute Gasteiger partial charge is 0.240 e. The van der Waals surface area contributed by atoms with Crippen molar-refractivity contribution in [1.29, 1.82) is 0 Å². The first-order chi connectivity index (χ1) is 7.08. The lowest BCUT2D eigenvalue weighted by molar-refractivity contribution is -0.127. The predicted octanol–water partition coefficient (Wildman–Crippen LogP) is 0.670. The Kier molecular flexibility index (Phi) is 4.54. The van der Waals surface area contributed by atoms with Crippen LogP contribution in [0.15, 0.2) is 0 Å². The van der Waals surface area contributed by atoms with Crippen LogP contribution in [-0.2, 0) is 9.53 Å². The fraction of sp³-hybridized carbons (Fsp3) is 0.909. The number of hydrogen-bond acceptors (Lipinski definition) is 3. The molecular formula is C11H22N2O2. The zero-order valence-electron chi connectivity index (χ0n) is 9.93. The Labute approximate surface area is 91.8 Å². The Morgan fingerprint density at radius 1 is 1.67 bits per heavy atom. The van der Waals surface area contributed by atoms with Crippen LogP contribution >= 0.6 is 0 Å². The molecule has 2 N–H and O–H groups in total. The maximum Gasteiger partial charge on any atom is 0.240 e. The van der Waals surface area contributed by atoms with Gasteiger partial charge in [-0.3, -0.25) is 4.79 Å². The number of carbonyl (C=O) groups excluding carboxylic acids is 1. The van der Waals surface area contributed by atoms with Crippen molar-refractivity contribution in [2.24, 2.45) is 0 Å². The lowest BCUT2D eigenvalue weighted by Gasteiger charge is -2.25. The van der Waals surface area contributed by atoms with E-state index in [4.69, 9.17) is 4.74 Å². The van der Waals surface area contributed by atoms with E-state index in [1.165, 1.54) is 0 Å². The topological polar surface area (TPSA) is 50.4 Å². The summed E-state index contributed by atoms with van der Waals surface area (Å²) in [6.45, 7) is 8.08. The summed E-state index contributed by atoms with van der Waals surface area (Å²) in [5, 5.41) is 6.21. The minimum atomic E-state index is -0.375. The molecule has 1 amide bonds. The van der Waals surface area contributed by atoms with Gasteiger partial charge in [-0.05, 0) is 40.2 Å². The van der Waals surface area contributed by atoms with Crippen LogP contribution in [0.4, 0.5) is 0 Å². The third-order valence-corrected chi connectivity index (χ3v) is 2.82. The van der Waals surface area contributed by atoms with E-state index in [-0.39, 0.29) is 17.5 Å². The molecule has 1 rings (SSSR count). The van der Waals surface area contributed by atoms with E-state index < -0.39 is 0 Å². The molecule has 0 radical (unpaired) electrons. The third kappa shape index (κ3) is 3.47. The summed E-state index contributed by atoms with van der Waals surface area (Å²) in [4.78, 5) is 11.9. The highest BCUT2D eigenvalue weighted by Crippen LogP contribution is 2.18. The van der Waals surface area contributed by atoms with Gasteiger partial charge in [-0.25, -0.2) is 0 Å². The average Bonchev–Trinajstić information content (AvgIpc) is 2.63. The van der Waals surface area contributed by atoms with E-state index >= 15 is 0 Å². The molecule has 2 unspecified atom stereocenters. The molecule has 1 saturated heterocycles. The number of amides is 1. The fourth-order valence-electron chi connectivity index (χ4n) is 1.81. The van der Waals surface area contributed by atoms with Crippen LogP contribution in [0.1, 0.15) is 33.6 Å². The van der Waals surface area contributed by atoms with E-state index in [2.05, 4.69) is 10.6 Å². The fourth-order valence-corrected chi connectivity index (χ4v) is 1.81. The number of rotatable bonds is 5. The highest BCUT2D eigenvalue weighted by atomic mass is 16.5. The van der Waals surface area contributed by atoms with Gasteiger partial charge in [0.2, 0.25) is 5.91 Å². The summed E-state index contributed by atoms with van der Waals surface area (Å²) >= 11 is 0. The lowest BCUT2D eigenvalue weighted by Crippen LogP contribution is -2.54. The van der Waals surface area contributed by atoms with Crippen LogP contribution in [0.3, 0.4) is 0 Å². The molecule has 15 heavy (non-hydrogen) atoms. The van der Waals surface area contributed by atoms with Crippen LogP contribution in [0, 0.1) is 0 Å². The van der Waals surface area contributed by atoms with E-state index in [0.717, 1.165) is 19.4 Å². The maximum absolute atomic E-state index is 11.9. The standard InChI is InChI=1S/C11H22N2O2/c1-4-15-8-9(2)13-10(14)11(3)6-5-7-12-11/h9,12H,4-8H2,1-3H3,(H,13,14). The Morgan fingerprint density at radius 3 is 2.93 bits per heavy atom. The monoisotopic (exact) mass is 214 g/mol. The molecule has 0 saturated carbocycles. The van der Waals surface area contributed by atoms with E-state index in [1.807, 2.05) is 20.8 Å². The summed E-state index contributed by atoms with van der Waals surface area (Å²) in [5.74, 6) is 0.0900. The minimum Gasteiger partial charge on any atom is -0.380 e. The van der Waals surface area contributed by atoms with Gasteiger partial charge in [-0.1, -0.05) is 0 Å². The van der Waals surface area contributed by atoms with Crippen LogP contribution in [0.5, 0.6) is 0 Å². The summed E-state index contributed by atoms with van der Waals surface area (Å²) in [5.41, 5.74) is -0.375. The summed E-state index contributed by atoms with van der Waals surface area (Å²) < 4.78 is 5.26. The second-order valence-electron chi connectivity index (χ2n) is 4.40. The van der Waals surface area contributed by atoms with Gasteiger partial charge >= 0.3 is 0 Å². The van der Waals surface area contributed by atoms with Crippen molar-refractivity contribution in [1.82, 2.24) is 10.6 Å². The SMILES string of the molecule is CCOCC(C)NC(=O)C1(C)CCCN1. The molecular weight excluding hydrogens is 192 g/mol. The van der Waals surface area contributed by atoms with Crippen molar-refractivity contribution in [2.75, 3.05) is 19.8 Å². The Hall–Kier alpha value is -0.610. The van der Waals surface area contributed by atoms with Crippen LogP contribution in [0.2, 0.25) is 0 Å². The first-order valence-electron chi connectivity index (χ1n) is 5.72. The maximum atomic E-state index is 11.9. The summed E-state index contributed by atoms with van der Waals surface area (Å²) in [6, 6.07) is 0.0803. The molecule has 2 atom stereocenters. The zero-order valence-corrected chi connectivity index (χ0v) is 9.93. The van der Waals surface area contributed by atoms with Crippen molar-refractivity contribution in [3.63, 3.8) is 0 Å². The van der Waals surface area contributed by atoms with Gasteiger partial charge < -0.3 is 15.4 Å². The van der Waals surface area contributed by atoms with Crippen molar-refractivity contribution in [3.05, 3.63) is 0 Å². The lowest BCUT2D eigenvalue weighted by atomic mass is 9.99. The van der Waals surface area contributed by atoms with E-state index in [0.29, 0.717) is 13.2 Å². The second kappa shape index (κ2) is 5.47. The molecule has 1 aliphatic rings. The molecule has 1 fully saturated rings. The van der Waals surface area contributed by atoms with Gasteiger partial charge in [0.1, 0.15) is 0 Å². The predicted molar refractivity (Wildman–Crippen MR) is 59.7 cm³/mol. The quantitative estimate of drug-likeness (QED) is 0.707. The van der Waals surface area contributed by atoms with Gasteiger partial charge in [-0.15, -0.1) is 0 Å². The first-order valence-corrected chi connectivity index (χ1v) is 5.72. The second-order valence-corrected chi connectivity index (χ2v) is 4.40. The molecule has 88 valence electrons. The zero-order chi connectivity index (χ0) is 11.3. The van der Waals surface area contributed by atoms with Crippen molar-refractivity contribution in [2.45, 2.75) is 45.2 Å². The molecule has 0 aromatic rings. The molecule has 0 aromatic carbocycles. The minimum absolute atomic E-state index is 0.0803. The molecule has 1 heterocycles. The van der Waals surface area contributed by atoms with Gasteiger partial charge in [0.25, 0.3) is 0 Å². The molecule has 0 aliphatic carbocycles. The van der Waals surface area contributed by atoms with Gasteiger partial charge in [0, 0.05) is 12.6 Å². The Morgan fingerprint density at radius 2 is 2.40 bits per heavy atom. The summed E-state index contributed by atoms with van der Waals surface area (Å²) in [6.07, 6.45) is 1.99. The molecule has 0 bridgehead atoms. The molecule has 4 nitrogen and oxygen atoms in total. The summed E-state index contributed by atoms with van der Waals surface area (Å²) in [7, 11) is 0. The average molecular weight is 214 g/mol. The normalized spacial score (nSPS) is 27.7. The highest BCUT2D eigenvalue weighted by molar-refractivity contribution is 5.86. The number of hydrogen-bond donors (Lipinski definition) is 2. The molecule has 4 heteroatoms. The van der Waals surface area contributed by atoms with Crippen molar-refractivity contribution in [3.8, 4) is 0 Å². The Balaban J connectivity index is 2.34. The number of nitrogens with one attached hydrogen (secondary N) is 2. The molecule has 0 aromatic heterocycles. The van der Waals surface area contributed by atoms with Gasteiger partial charge in [0.05, 0.1) is 12.1 Å². The van der Waals surface area contributed by atoms with Crippen LogP contribution < -0.4 is 10.6 Å². The van der Waals surface area contributed by atoms with Crippen LogP contribution in [0.25, 0.3) is 0 Å². The Bertz CT molecular complexity index is 213. The number of ether oxygens (including phenoxy) is 1. The molecule has 1 aliphatic heterocycles. The van der Waals surface area contributed by atoms with E-state index in [1.54, 1.807) is 0 Å². The van der Waals surface area contributed by atoms with Gasteiger partial charge in [0.15, 0.2) is 0 Å². The molecule has 0 spiro atoms. The van der Waals surface area contributed by atoms with Crippen molar-refractivity contribution >= 4 is 5.91 Å². The van der Waals surface area contributed by atoms with Gasteiger partial charge in [-0.2, -0.15) is 0 Å². The highest BCUT2D eigenvalue weighted by Gasteiger charge is 2.36.